The molecule has 0 amide bonds. The zero-order valence-corrected chi connectivity index (χ0v) is 16.7. The van der Waals surface area contributed by atoms with E-state index in [0.717, 1.165) is 21.0 Å². The molecule has 5 heteroatoms. The maximum Gasteiger partial charge on any atom is 0.301 e. The van der Waals surface area contributed by atoms with Gasteiger partial charge in [0.1, 0.15) is 0 Å². The topological polar surface area (TPSA) is 0 Å². The van der Waals surface area contributed by atoms with Crippen molar-refractivity contribution in [3.63, 3.8) is 0 Å². The highest BCUT2D eigenvalue weighted by Gasteiger charge is 2.40. The largest absolute Gasteiger partial charge is 0.301 e. The van der Waals surface area contributed by atoms with E-state index in [0.29, 0.717) is 0 Å². The first-order chi connectivity index (χ1) is 7.67. The molecule has 0 N–H and O–H groups in total. The molecule has 0 heterocycles. The van der Waals surface area contributed by atoms with E-state index >= 15 is 0 Å². The van der Waals surface area contributed by atoms with Crippen LogP contribution < -0.4 is 0 Å². The molecule has 17 heavy (non-hydrogen) atoms. The lowest BCUT2D eigenvalue weighted by molar-refractivity contribution is 1.11. The molecule has 0 unspecified atom stereocenters. The predicted octanol–water partition coefficient (Wildman–Crippen LogP) is 5.99. The van der Waals surface area contributed by atoms with Gasteiger partial charge in [-0.3, -0.25) is 0 Å². The van der Waals surface area contributed by atoms with Crippen LogP contribution in [-0.4, -0.2) is 25.7 Å². The maximum atomic E-state index is 2.34. The quantitative estimate of drug-likeness (QED) is 0.502. The summed E-state index contributed by atoms with van der Waals surface area (Å²) in [5.74, 6) is 0. The molecule has 0 spiro atoms. The first-order valence-electron chi connectivity index (χ1n) is 6.38. The summed E-state index contributed by atoms with van der Waals surface area (Å²) in [6.07, 6.45) is 0. The van der Waals surface area contributed by atoms with Gasteiger partial charge in [0.2, 0.25) is 0 Å². The Balaban J connectivity index is 4.89. The highest BCUT2D eigenvalue weighted by molar-refractivity contribution is 9.00. The summed E-state index contributed by atoms with van der Waals surface area (Å²) < 4.78 is -1.38. The van der Waals surface area contributed by atoms with Crippen molar-refractivity contribution in [1.82, 2.24) is 0 Å². The smallest absolute Gasteiger partial charge is 0.149 e. The van der Waals surface area contributed by atoms with Crippen LogP contribution in [0.4, 0.5) is 0 Å². The number of hydrogen-bond donors (Lipinski definition) is 0. The molecule has 0 saturated carbocycles. The Morgan fingerprint density at radius 1 is 0.471 bits per heavy atom. The minimum absolute atomic E-state index is 0.741. The zero-order valence-electron chi connectivity index (χ0n) is 12.4. The number of rotatable bonds is 8. The van der Waals surface area contributed by atoms with Gasteiger partial charge in [-0.15, -0.1) is 44.8 Å². The van der Waals surface area contributed by atoms with Gasteiger partial charge in [0.15, 0.2) is 0 Å². The van der Waals surface area contributed by atoms with Crippen LogP contribution in [0.2, 0.25) is 0 Å². The third-order valence-electron chi connectivity index (χ3n) is 1.52. The minimum atomic E-state index is -1.38. The summed E-state index contributed by atoms with van der Waals surface area (Å²) >= 11 is 9.04. The summed E-state index contributed by atoms with van der Waals surface area (Å²) in [6.45, 7) is 18.7. The van der Waals surface area contributed by atoms with E-state index in [-0.39, 0.29) is 0 Å². The Morgan fingerprint density at radius 2 is 0.647 bits per heavy atom. The third-order valence-corrected chi connectivity index (χ3v) is 24.1. The van der Waals surface area contributed by atoms with E-state index in [4.69, 9.17) is 0 Å². The Labute approximate surface area is 125 Å². The zero-order chi connectivity index (χ0) is 13.6. The van der Waals surface area contributed by atoms with Crippen LogP contribution in [0.5, 0.6) is 0 Å². The van der Waals surface area contributed by atoms with Crippen LogP contribution in [-0.2, 0) is 0 Å². The molecule has 0 aliphatic carbocycles. The van der Waals surface area contributed by atoms with Crippen LogP contribution in [0.15, 0.2) is 0 Å². The molecule has 0 fully saturated rings. The summed E-state index contributed by atoms with van der Waals surface area (Å²) in [7, 11) is 0. The molecule has 0 atom stereocenters. The van der Waals surface area contributed by atoms with Crippen molar-refractivity contribution in [3.05, 3.63) is 0 Å². The van der Waals surface area contributed by atoms with E-state index in [1.54, 1.807) is 0 Å². The molecule has 0 bridgehead atoms. The van der Waals surface area contributed by atoms with Gasteiger partial charge in [-0.2, -0.15) is 0 Å². The van der Waals surface area contributed by atoms with Crippen molar-refractivity contribution < 1.29 is 0 Å². The molecular formula is C12H28S4Si. The Bertz CT molecular complexity index is 159. The highest BCUT2D eigenvalue weighted by atomic mass is 32.9. The van der Waals surface area contributed by atoms with Crippen molar-refractivity contribution >= 4 is 49.5 Å². The molecule has 0 rings (SSSR count). The molecule has 0 nitrogen and oxygen atoms in total. The monoisotopic (exact) mass is 328 g/mol. The van der Waals surface area contributed by atoms with Crippen molar-refractivity contribution in [2.45, 2.75) is 76.4 Å². The Morgan fingerprint density at radius 3 is 0.765 bits per heavy atom. The van der Waals surface area contributed by atoms with Crippen LogP contribution in [0.25, 0.3) is 0 Å². The average molecular weight is 329 g/mol. The fourth-order valence-corrected chi connectivity index (χ4v) is 35.7. The molecule has 0 aromatic rings. The van der Waals surface area contributed by atoms with Gasteiger partial charge < -0.3 is 0 Å². The van der Waals surface area contributed by atoms with Crippen LogP contribution in [0.1, 0.15) is 55.4 Å². The fourth-order valence-electron chi connectivity index (χ4n) is 1.32. The van der Waals surface area contributed by atoms with Gasteiger partial charge in [-0.05, 0) is 21.0 Å². The summed E-state index contributed by atoms with van der Waals surface area (Å²) in [5.41, 5.74) is 0. The molecule has 0 aromatic carbocycles. The second kappa shape index (κ2) is 8.72. The molecular weight excluding hydrogens is 300 g/mol. The SMILES string of the molecule is CC(C)S[Si](SC(C)C)(SC(C)C)SC(C)C. The highest BCUT2D eigenvalue weighted by Crippen LogP contribution is 2.55. The van der Waals surface area contributed by atoms with E-state index in [2.05, 4.69) is 100 Å². The first-order valence-corrected chi connectivity index (χ1v) is 14.8. The van der Waals surface area contributed by atoms with Crippen LogP contribution in [0, 0.1) is 0 Å². The lowest BCUT2D eigenvalue weighted by Gasteiger charge is -2.34. The Kier molecular flexibility index (Phi) is 9.55. The molecule has 104 valence electrons. The van der Waals surface area contributed by atoms with E-state index in [1.165, 1.54) is 0 Å². The second-order valence-corrected chi connectivity index (χ2v) is 25.7. The second-order valence-electron chi connectivity index (χ2n) is 5.17. The lowest BCUT2D eigenvalue weighted by atomic mass is 10.6. The van der Waals surface area contributed by atoms with E-state index in [1.807, 2.05) is 0 Å². The Hall–Kier alpha value is 1.62. The van der Waals surface area contributed by atoms with Gasteiger partial charge in [0.25, 0.3) is 0 Å². The average Bonchev–Trinajstić information content (AvgIpc) is 1.95. The molecule has 0 aliphatic rings. The summed E-state index contributed by atoms with van der Waals surface area (Å²) in [4.78, 5) is 0. The van der Waals surface area contributed by atoms with Gasteiger partial charge >= 0.3 is 4.67 Å². The van der Waals surface area contributed by atoms with E-state index in [9.17, 15) is 0 Å². The molecule has 0 aliphatic heterocycles. The van der Waals surface area contributed by atoms with Crippen molar-refractivity contribution in [2.24, 2.45) is 0 Å². The number of hydrogen-bond acceptors (Lipinski definition) is 4. The fraction of sp³-hybridized carbons (Fsp3) is 1.00. The predicted molar refractivity (Wildman–Crippen MR) is 96.7 cm³/mol. The summed E-state index contributed by atoms with van der Waals surface area (Å²) in [5, 5.41) is 2.96. The summed E-state index contributed by atoms with van der Waals surface area (Å²) in [6, 6.07) is 0. The standard InChI is InChI=1S/C12H28S4Si/c1-9(2)13-17(14-10(3)4,15-11(5)6)16-12(7)8/h9-12H,1-8H3. The third kappa shape index (κ3) is 9.19. The van der Waals surface area contributed by atoms with Crippen LogP contribution >= 0.6 is 44.8 Å². The molecule has 0 radical (unpaired) electrons. The van der Waals surface area contributed by atoms with Crippen LogP contribution in [0.3, 0.4) is 0 Å². The van der Waals surface area contributed by atoms with Gasteiger partial charge in [0.05, 0.1) is 0 Å². The van der Waals surface area contributed by atoms with Gasteiger partial charge in [-0.1, -0.05) is 55.4 Å². The maximum absolute atomic E-state index is 2.34. The molecule has 0 aromatic heterocycles. The van der Waals surface area contributed by atoms with E-state index < -0.39 is 4.67 Å². The minimum Gasteiger partial charge on any atom is -0.149 e. The van der Waals surface area contributed by atoms with Crippen molar-refractivity contribution in [1.29, 1.82) is 0 Å². The molecule has 0 saturated heterocycles. The lowest BCUT2D eigenvalue weighted by Crippen LogP contribution is -2.27. The normalized spacial score (nSPS) is 13.4. The van der Waals surface area contributed by atoms with Crippen molar-refractivity contribution in [3.8, 4) is 0 Å². The first kappa shape index (κ1) is 18.6. The van der Waals surface area contributed by atoms with Gasteiger partial charge in [-0.25, -0.2) is 0 Å². The van der Waals surface area contributed by atoms with Crippen molar-refractivity contribution in [2.75, 3.05) is 0 Å². The van der Waals surface area contributed by atoms with Gasteiger partial charge in [0, 0.05) is 0 Å².